The summed E-state index contributed by atoms with van der Waals surface area (Å²) in [4.78, 5) is 16.5. The fourth-order valence-corrected chi connectivity index (χ4v) is 3.63. The smallest absolute Gasteiger partial charge is 0.255 e. The average Bonchev–Trinajstić information content (AvgIpc) is 3.05. The van der Waals surface area contributed by atoms with Crippen LogP contribution < -0.4 is 10.1 Å². The lowest BCUT2D eigenvalue weighted by Crippen LogP contribution is -2.17. The highest BCUT2D eigenvalue weighted by atomic mass is 35.5. The molecule has 1 aromatic heterocycles. The molecule has 4 nitrogen and oxygen atoms in total. The second kappa shape index (κ2) is 7.43. The van der Waals surface area contributed by atoms with Crippen molar-refractivity contribution in [3.8, 4) is 5.88 Å². The highest BCUT2D eigenvalue weighted by molar-refractivity contribution is 7.99. The van der Waals surface area contributed by atoms with Crippen molar-refractivity contribution in [2.75, 3.05) is 16.8 Å². The lowest BCUT2D eigenvalue weighted by Gasteiger charge is -2.12. The van der Waals surface area contributed by atoms with Gasteiger partial charge in [0.05, 0.1) is 15.7 Å². The molecular formula is C16H14Cl2N2O2S. The number of pyridine rings is 1. The first-order valence-electron chi connectivity index (χ1n) is 7.09. The van der Waals surface area contributed by atoms with Crippen LogP contribution in [0.4, 0.5) is 5.69 Å². The van der Waals surface area contributed by atoms with Gasteiger partial charge in [0.2, 0.25) is 5.88 Å². The normalized spacial score (nSPS) is 17.0. The van der Waals surface area contributed by atoms with Gasteiger partial charge in [0.1, 0.15) is 6.10 Å². The molecule has 1 N–H and O–H groups in total. The number of halogens is 2. The minimum atomic E-state index is -0.290. The van der Waals surface area contributed by atoms with Crippen molar-refractivity contribution in [2.45, 2.75) is 12.5 Å². The van der Waals surface area contributed by atoms with Crippen LogP contribution in [-0.2, 0) is 0 Å². The summed E-state index contributed by atoms with van der Waals surface area (Å²) in [7, 11) is 0. The Balaban J connectivity index is 1.73. The molecule has 1 aromatic carbocycles. The fourth-order valence-electron chi connectivity index (χ4n) is 2.19. The van der Waals surface area contributed by atoms with Gasteiger partial charge >= 0.3 is 0 Å². The van der Waals surface area contributed by atoms with E-state index in [1.165, 1.54) is 0 Å². The summed E-state index contributed by atoms with van der Waals surface area (Å²) in [6, 6.07) is 8.35. The van der Waals surface area contributed by atoms with Gasteiger partial charge < -0.3 is 10.1 Å². The van der Waals surface area contributed by atoms with Gasteiger partial charge in [-0.3, -0.25) is 4.79 Å². The topological polar surface area (TPSA) is 51.2 Å². The molecule has 1 atom stereocenters. The Bertz CT molecular complexity index is 721. The number of carbonyl (C=O) groups is 1. The van der Waals surface area contributed by atoms with Crippen molar-refractivity contribution in [3.05, 3.63) is 52.1 Å². The maximum atomic E-state index is 12.4. The maximum Gasteiger partial charge on any atom is 0.255 e. The molecule has 23 heavy (non-hydrogen) atoms. The molecule has 1 fully saturated rings. The van der Waals surface area contributed by atoms with Gasteiger partial charge in [-0.2, -0.15) is 11.8 Å². The summed E-state index contributed by atoms with van der Waals surface area (Å²) in [5.41, 5.74) is 0.923. The summed E-state index contributed by atoms with van der Waals surface area (Å²) < 4.78 is 5.80. The number of thioether (sulfide) groups is 1. The highest BCUT2D eigenvalue weighted by Crippen LogP contribution is 2.30. The third-order valence-corrected chi connectivity index (χ3v) is 5.32. The average molecular weight is 369 g/mol. The molecule has 1 saturated heterocycles. The van der Waals surface area contributed by atoms with E-state index < -0.39 is 0 Å². The maximum absolute atomic E-state index is 12.4. The zero-order chi connectivity index (χ0) is 16.2. The number of amides is 1. The van der Waals surface area contributed by atoms with Crippen LogP contribution in [0.25, 0.3) is 0 Å². The predicted molar refractivity (Wildman–Crippen MR) is 95.0 cm³/mol. The van der Waals surface area contributed by atoms with Crippen LogP contribution in [0.1, 0.15) is 16.8 Å². The van der Waals surface area contributed by atoms with E-state index in [9.17, 15) is 4.79 Å². The molecular weight excluding hydrogens is 355 g/mol. The number of nitrogens with zero attached hydrogens (tertiary/aromatic N) is 1. The lowest BCUT2D eigenvalue weighted by atomic mass is 10.2. The predicted octanol–water partition coefficient (Wildman–Crippen LogP) is 4.53. The molecule has 1 unspecified atom stereocenters. The molecule has 3 rings (SSSR count). The summed E-state index contributed by atoms with van der Waals surface area (Å²) in [6.45, 7) is 0. The Kier molecular flexibility index (Phi) is 5.30. The van der Waals surface area contributed by atoms with Gasteiger partial charge in [-0.1, -0.05) is 29.3 Å². The van der Waals surface area contributed by atoms with E-state index >= 15 is 0 Å². The van der Waals surface area contributed by atoms with Gasteiger partial charge in [-0.05, 0) is 30.4 Å². The Hall–Kier alpha value is -1.43. The van der Waals surface area contributed by atoms with E-state index in [2.05, 4.69) is 10.3 Å². The lowest BCUT2D eigenvalue weighted by molar-refractivity contribution is 0.102. The molecule has 1 aliphatic rings. The molecule has 7 heteroatoms. The van der Waals surface area contributed by atoms with Crippen LogP contribution in [0, 0.1) is 0 Å². The van der Waals surface area contributed by atoms with Gasteiger partial charge in [0, 0.05) is 23.6 Å². The van der Waals surface area contributed by atoms with Crippen LogP contribution in [0.5, 0.6) is 5.88 Å². The highest BCUT2D eigenvalue weighted by Gasteiger charge is 2.18. The molecule has 2 heterocycles. The quantitative estimate of drug-likeness (QED) is 0.861. The number of rotatable bonds is 4. The first-order valence-corrected chi connectivity index (χ1v) is 9.00. The van der Waals surface area contributed by atoms with Crippen molar-refractivity contribution in [1.29, 1.82) is 0 Å². The number of carbonyl (C=O) groups excluding carboxylic acids is 1. The Morgan fingerprint density at radius 3 is 3.00 bits per heavy atom. The minimum Gasteiger partial charge on any atom is -0.473 e. The number of benzene rings is 1. The first kappa shape index (κ1) is 16.4. The zero-order valence-electron chi connectivity index (χ0n) is 12.1. The van der Waals surface area contributed by atoms with Crippen molar-refractivity contribution < 1.29 is 9.53 Å². The molecule has 0 bridgehead atoms. The van der Waals surface area contributed by atoms with Crippen LogP contribution >= 0.6 is 35.0 Å². The number of hydrogen-bond donors (Lipinski definition) is 1. The second-order valence-corrected chi connectivity index (χ2v) is 6.98. The van der Waals surface area contributed by atoms with Gasteiger partial charge in [0.15, 0.2) is 0 Å². The number of anilines is 1. The van der Waals surface area contributed by atoms with E-state index in [0.29, 0.717) is 27.2 Å². The summed E-state index contributed by atoms with van der Waals surface area (Å²) >= 11 is 13.9. The monoisotopic (exact) mass is 368 g/mol. The second-order valence-electron chi connectivity index (χ2n) is 5.04. The number of aromatic nitrogens is 1. The van der Waals surface area contributed by atoms with Crippen LogP contribution in [0.15, 0.2) is 36.5 Å². The van der Waals surface area contributed by atoms with Crippen molar-refractivity contribution >= 4 is 46.6 Å². The summed E-state index contributed by atoms with van der Waals surface area (Å²) in [5.74, 6) is 2.22. The number of hydrogen-bond acceptors (Lipinski definition) is 4. The molecule has 0 saturated carbocycles. The minimum absolute atomic E-state index is 0.160. The molecule has 0 aliphatic carbocycles. The molecule has 1 amide bonds. The standard InChI is InChI=1S/C16H14Cl2N2O2S/c17-12-2-1-3-13(15(12)18)20-16(21)10-4-6-19-14(8-10)22-11-5-7-23-9-11/h1-4,6,8,11H,5,7,9H2,(H,20,21). The fraction of sp³-hybridized carbons (Fsp3) is 0.250. The summed E-state index contributed by atoms with van der Waals surface area (Å²) in [5, 5.41) is 3.45. The molecule has 0 spiro atoms. The van der Waals surface area contributed by atoms with Crippen LogP contribution in [-0.4, -0.2) is 28.5 Å². The van der Waals surface area contributed by atoms with E-state index in [-0.39, 0.29) is 12.0 Å². The van der Waals surface area contributed by atoms with Crippen molar-refractivity contribution in [1.82, 2.24) is 4.98 Å². The first-order chi connectivity index (χ1) is 11.1. The Morgan fingerprint density at radius 1 is 1.35 bits per heavy atom. The van der Waals surface area contributed by atoms with Crippen LogP contribution in [0.2, 0.25) is 10.0 Å². The van der Waals surface area contributed by atoms with E-state index in [4.69, 9.17) is 27.9 Å². The third kappa shape index (κ3) is 4.10. The van der Waals surface area contributed by atoms with Gasteiger partial charge in [-0.25, -0.2) is 4.98 Å². The molecule has 120 valence electrons. The van der Waals surface area contributed by atoms with Crippen molar-refractivity contribution in [3.63, 3.8) is 0 Å². The molecule has 0 radical (unpaired) electrons. The molecule has 1 aliphatic heterocycles. The van der Waals surface area contributed by atoms with Gasteiger partial charge in [0.25, 0.3) is 5.91 Å². The SMILES string of the molecule is O=C(Nc1cccc(Cl)c1Cl)c1ccnc(OC2CCSC2)c1. The van der Waals surface area contributed by atoms with Gasteiger partial charge in [-0.15, -0.1) is 0 Å². The van der Waals surface area contributed by atoms with E-state index in [1.54, 1.807) is 36.5 Å². The third-order valence-electron chi connectivity index (χ3n) is 3.37. The Morgan fingerprint density at radius 2 is 2.22 bits per heavy atom. The van der Waals surface area contributed by atoms with Crippen molar-refractivity contribution in [2.24, 2.45) is 0 Å². The number of ether oxygens (including phenoxy) is 1. The molecule has 2 aromatic rings. The van der Waals surface area contributed by atoms with E-state index in [0.717, 1.165) is 17.9 Å². The zero-order valence-corrected chi connectivity index (χ0v) is 14.4. The largest absolute Gasteiger partial charge is 0.473 e. The Labute approximate surface area is 148 Å². The summed E-state index contributed by atoms with van der Waals surface area (Å²) in [6.07, 6.45) is 2.72. The van der Waals surface area contributed by atoms with Crippen LogP contribution in [0.3, 0.4) is 0 Å². The van der Waals surface area contributed by atoms with E-state index in [1.807, 2.05) is 11.8 Å². The number of nitrogens with one attached hydrogen (secondary N) is 1.